The van der Waals surface area contributed by atoms with E-state index in [9.17, 15) is 23.1 Å². The van der Waals surface area contributed by atoms with Gasteiger partial charge in [0, 0.05) is 20.1 Å². The van der Waals surface area contributed by atoms with Gasteiger partial charge in [0.15, 0.2) is 5.69 Å². The number of carboxylic acids is 1. The van der Waals surface area contributed by atoms with Gasteiger partial charge in [-0.1, -0.05) is 50.5 Å². The zero-order valence-electron chi connectivity index (χ0n) is 21.6. The third-order valence-corrected chi connectivity index (χ3v) is 6.83. The number of nitrogens with zero attached hydrogens (tertiary/aromatic N) is 2. The van der Waals surface area contributed by atoms with Crippen molar-refractivity contribution in [2.24, 2.45) is 5.92 Å². The number of aryl methyl sites for hydroxylation is 1. The minimum atomic E-state index is -4.62. The molecule has 1 unspecified atom stereocenters. The number of aromatic nitrogens is 2. The molecule has 0 bridgehead atoms. The summed E-state index contributed by atoms with van der Waals surface area (Å²) in [5, 5.41) is 9.83. The molecule has 206 valence electrons. The Bertz CT molecular complexity index is 985. The van der Waals surface area contributed by atoms with Crippen LogP contribution in [0.1, 0.15) is 79.7 Å². The van der Waals surface area contributed by atoms with E-state index < -0.39 is 23.8 Å². The van der Waals surface area contributed by atoms with Crippen LogP contribution >= 0.6 is 0 Å². The zero-order chi connectivity index (χ0) is 26.8. The number of alkyl halides is 3. The Morgan fingerprint density at radius 1 is 1.16 bits per heavy atom. The highest BCUT2D eigenvalue weighted by Crippen LogP contribution is 2.38. The number of rotatable bonds is 15. The summed E-state index contributed by atoms with van der Waals surface area (Å²) in [7, 11) is 1.53. The number of imidazole rings is 1. The molecule has 1 saturated carbocycles. The Kier molecular flexibility index (Phi) is 11.0. The maximum Gasteiger partial charge on any atom is 0.435 e. The molecule has 1 aromatic heterocycles. The lowest BCUT2D eigenvalue weighted by molar-refractivity contribution is -0.143. The van der Waals surface area contributed by atoms with Crippen molar-refractivity contribution in [2.75, 3.05) is 27.1 Å². The van der Waals surface area contributed by atoms with Crippen molar-refractivity contribution in [2.45, 2.75) is 77.1 Å². The number of halogens is 3. The van der Waals surface area contributed by atoms with Crippen molar-refractivity contribution >= 4 is 5.97 Å². The van der Waals surface area contributed by atoms with Crippen LogP contribution in [0.15, 0.2) is 24.3 Å². The van der Waals surface area contributed by atoms with Gasteiger partial charge in [0.1, 0.15) is 12.6 Å². The molecule has 3 rings (SSSR count). The molecule has 37 heavy (non-hydrogen) atoms. The van der Waals surface area contributed by atoms with Crippen molar-refractivity contribution < 1.29 is 37.3 Å². The van der Waals surface area contributed by atoms with Crippen LogP contribution in [0.4, 0.5) is 13.2 Å². The molecule has 7 nitrogen and oxygen atoms in total. The summed E-state index contributed by atoms with van der Waals surface area (Å²) in [4.78, 5) is 16.0. The van der Waals surface area contributed by atoms with Crippen LogP contribution in [0, 0.1) is 5.92 Å². The Balaban J connectivity index is 1.85. The molecule has 0 radical (unpaired) electrons. The number of aliphatic carboxylic acids is 1. The van der Waals surface area contributed by atoms with Gasteiger partial charge in [0.2, 0.25) is 0 Å². The SMILES string of the molecule is CCCCc1nc(C(F)(F)F)c(COCOCCOC)n1Cc1ccc(C(C(=O)O)C2CCCC2)cc1. The third-order valence-electron chi connectivity index (χ3n) is 6.83. The van der Waals surface area contributed by atoms with Gasteiger partial charge in [-0.2, -0.15) is 13.2 Å². The van der Waals surface area contributed by atoms with Gasteiger partial charge in [-0.15, -0.1) is 0 Å². The molecule has 0 aliphatic heterocycles. The minimum Gasteiger partial charge on any atom is -0.481 e. The quantitative estimate of drug-likeness (QED) is 0.234. The summed E-state index contributed by atoms with van der Waals surface area (Å²) in [6.07, 6.45) is 1.18. The summed E-state index contributed by atoms with van der Waals surface area (Å²) in [5.41, 5.74) is 0.500. The smallest absolute Gasteiger partial charge is 0.435 e. The molecule has 1 atom stereocenters. The molecule has 1 aliphatic rings. The number of carboxylic acid groups (broad SMARTS) is 1. The highest BCUT2D eigenvalue weighted by molar-refractivity contribution is 5.76. The normalized spacial score (nSPS) is 15.4. The highest BCUT2D eigenvalue weighted by Gasteiger charge is 2.39. The lowest BCUT2D eigenvalue weighted by atomic mass is 9.84. The molecule has 1 aromatic carbocycles. The van der Waals surface area contributed by atoms with Gasteiger partial charge in [0.05, 0.1) is 31.4 Å². The fourth-order valence-corrected chi connectivity index (χ4v) is 4.94. The van der Waals surface area contributed by atoms with E-state index in [2.05, 4.69) is 4.98 Å². The largest absolute Gasteiger partial charge is 0.481 e. The van der Waals surface area contributed by atoms with E-state index in [4.69, 9.17) is 14.2 Å². The molecule has 0 spiro atoms. The summed E-state index contributed by atoms with van der Waals surface area (Å²) >= 11 is 0. The van der Waals surface area contributed by atoms with Crippen molar-refractivity contribution in [3.63, 3.8) is 0 Å². The average molecular weight is 527 g/mol. The standard InChI is InChI=1S/C27H37F3N2O5/c1-3-4-9-23-31-25(27(28,29)30)22(17-37-18-36-15-14-35-2)32(23)16-19-10-12-21(13-11-19)24(26(33)34)20-7-5-6-8-20/h10-13,20,24H,3-9,14-18H2,1-2H3,(H,33,34). The lowest BCUT2D eigenvalue weighted by Crippen LogP contribution is -2.19. The van der Waals surface area contributed by atoms with E-state index >= 15 is 0 Å². The fourth-order valence-electron chi connectivity index (χ4n) is 4.94. The van der Waals surface area contributed by atoms with E-state index in [-0.39, 0.29) is 38.2 Å². The van der Waals surface area contributed by atoms with E-state index in [0.29, 0.717) is 25.3 Å². The first-order valence-corrected chi connectivity index (χ1v) is 12.9. The van der Waals surface area contributed by atoms with Crippen LogP contribution in [0.3, 0.4) is 0 Å². The monoisotopic (exact) mass is 526 g/mol. The molecular weight excluding hydrogens is 489 g/mol. The summed E-state index contributed by atoms with van der Waals surface area (Å²) in [6.45, 7) is 2.31. The van der Waals surface area contributed by atoms with Gasteiger partial charge in [-0.3, -0.25) is 4.79 Å². The van der Waals surface area contributed by atoms with Crippen LogP contribution < -0.4 is 0 Å². The van der Waals surface area contributed by atoms with E-state index in [1.807, 2.05) is 6.92 Å². The first-order valence-electron chi connectivity index (χ1n) is 12.9. The second kappa shape index (κ2) is 13.9. The Morgan fingerprint density at radius 3 is 2.46 bits per heavy atom. The van der Waals surface area contributed by atoms with Crippen LogP contribution in [-0.4, -0.2) is 47.7 Å². The number of hydrogen-bond acceptors (Lipinski definition) is 5. The number of unbranched alkanes of at least 4 members (excludes halogenated alkanes) is 1. The molecule has 0 saturated heterocycles. The first kappa shape index (κ1) is 29.1. The molecular formula is C27H37F3N2O5. The topological polar surface area (TPSA) is 82.8 Å². The second-order valence-electron chi connectivity index (χ2n) is 9.48. The van der Waals surface area contributed by atoms with Crippen LogP contribution in [0.25, 0.3) is 0 Å². The van der Waals surface area contributed by atoms with Gasteiger partial charge in [-0.05, 0) is 36.3 Å². The molecule has 1 N–H and O–H groups in total. The first-order chi connectivity index (χ1) is 17.8. The summed E-state index contributed by atoms with van der Waals surface area (Å²) in [6, 6.07) is 7.18. The predicted molar refractivity (Wildman–Crippen MR) is 131 cm³/mol. The van der Waals surface area contributed by atoms with Crippen molar-refractivity contribution in [1.82, 2.24) is 9.55 Å². The number of methoxy groups -OCH3 is 1. The lowest BCUT2D eigenvalue weighted by Gasteiger charge is -2.20. The molecule has 10 heteroatoms. The fraction of sp³-hybridized carbons (Fsp3) is 0.630. The van der Waals surface area contributed by atoms with Gasteiger partial charge in [-0.25, -0.2) is 4.98 Å². The van der Waals surface area contributed by atoms with Crippen LogP contribution in [0.2, 0.25) is 0 Å². The Morgan fingerprint density at radius 2 is 1.86 bits per heavy atom. The molecule has 1 aliphatic carbocycles. The number of carbonyl (C=O) groups is 1. The van der Waals surface area contributed by atoms with Gasteiger partial charge in [0.25, 0.3) is 0 Å². The Hall–Kier alpha value is -2.43. The molecule has 2 aromatic rings. The van der Waals surface area contributed by atoms with E-state index in [1.54, 1.807) is 28.8 Å². The zero-order valence-corrected chi connectivity index (χ0v) is 21.6. The second-order valence-corrected chi connectivity index (χ2v) is 9.48. The number of benzene rings is 1. The minimum absolute atomic E-state index is 0.0487. The molecule has 0 amide bonds. The van der Waals surface area contributed by atoms with Crippen molar-refractivity contribution in [3.8, 4) is 0 Å². The predicted octanol–water partition coefficient (Wildman–Crippen LogP) is 5.79. The summed E-state index contributed by atoms with van der Waals surface area (Å²) in [5.74, 6) is -0.935. The van der Waals surface area contributed by atoms with Gasteiger partial charge >= 0.3 is 12.1 Å². The van der Waals surface area contributed by atoms with E-state index in [1.165, 1.54) is 7.11 Å². The summed E-state index contributed by atoms with van der Waals surface area (Å²) < 4.78 is 58.9. The van der Waals surface area contributed by atoms with Crippen LogP contribution in [-0.2, 0) is 44.8 Å². The molecule has 1 fully saturated rings. The highest BCUT2D eigenvalue weighted by atomic mass is 19.4. The van der Waals surface area contributed by atoms with Crippen molar-refractivity contribution in [1.29, 1.82) is 0 Å². The third kappa shape index (κ3) is 8.02. The van der Waals surface area contributed by atoms with Gasteiger partial charge < -0.3 is 23.9 Å². The maximum absolute atomic E-state index is 13.9. The number of hydrogen-bond donors (Lipinski definition) is 1. The maximum atomic E-state index is 13.9. The molecule has 1 heterocycles. The number of ether oxygens (including phenoxy) is 3. The average Bonchev–Trinajstić information content (AvgIpc) is 3.49. The van der Waals surface area contributed by atoms with E-state index in [0.717, 1.165) is 43.2 Å². The van der Waals surface area contributed by atoms with Crippen molar-refractivity contribution in [3.05, 3.63) is 52.6 Å². The van der Waals surface area contributed by atoms with Crippen LogP contribution in [0.5, 0.6) is 0 Å². The Labute approximate surface area is 215 Å².